The molecule has 0 aliphatic carbocycles. The Balaban J connectivity index is 1.90. The lowest BCUT2D eigenvalue weighted by molar-refractivity contribution is -0.132. The molecule has 0 bridgehead atoms. The maximum absolute atomic E-state index is 12.2. The van der Waals surface area contributed by atoms with E-state index in [-0.39, 0.29) is 0 Å². The highest BCUT2D eigenvalue weighted by molar-refractivity contribution is 6.02. The van der Waals surface area contributed by atoms with Crippen molar-refractivity contribution in [2.45, 2.75) is 12.5 Å². The van der Waals surface area contributed by atoms with Crippen molar-refractivity contribution in [2.75, 3.05) is 0 Å². The smallest absolute Gasteiger partial charge is 0.328 e. The highest BCUT2D eigenvalue weighted by Gasteiger charge is 2.34. The number of amides is 1. The molecule has 1 N–H and O–H groups in total. The third kappa shape index (κ3) is 2.69. The first-order valence-electron chi connectivity index (χ1n) is 6.54. The molecule has 1 amide bonds. The molecular formula is C15H12N2O5. The molecule has 0 saturated carbocycles. The van der Waals surface area contributed by atoms with Crippen LogP contribution < -0.4 is 0 Å². The summed E-state index contributed by atoms with van der Waals surface area (Å²) in [6, 6.07) is 6.51. The van der Waals surface area contributed by atoms with Gasteiger partial charge in [0.2, 0.25) is 0 Å². The molecule has 0 fully saturated rings. The van der Waals surface area contributed by atoms with Gasteiger partial charge in [-0.25, -0.2) is 9.80 Å². The molecule has 7 heteroatoms. The summed E-state index contributed by atoms with van der Waals surface area (Å²) >= 11 is 0. The van der Waals surface area contributed by atoms with E-state index in [9.17, 15) is 9.59 Å². The van der Waals surface area contributed by atoms with Crippen molar-refractivity contribution in [1.29, 1.82) is 0 Å². The van der Waals surface area contributed by atoms with E-state index in [4.69, 9.17) is 13.9 Å². The molecule has 22 heavy (non-hydrogen) atoms. The minimum absolute atomic E-state index is 0.424. The second kappa shape index (κ2) is 5.72. The number of hydrogen-bond donors (Lipinski definition) is 1. The molecule has 7 nitrogen and oxygen atoms in total. The number of carboxylic acid groups (broad SMARTS) is 1. The summed E-state index contributed by atoms with van der Waals surface area (Å²) in [5.41, 5.74) is 0.600. The van der Waals surface area contributed by atoms with Crippen LogP contribution >= 0.6 is 0 Å². The zero-order chi connectivity index (χ0) is 15.5. The number of nitrogens with zero attached hydrogens (tertiary/aromatic N) is 2. The number of furan rings is 2. The van der Waals surface area contributed by atoms with Gasteiger partial charge in [0.15, 0.2) is 0 Å². The minimum atomic E-state index is -1.20. The van der Waals surface area contributed by atoms with E-state index in [2.05, 4.69) is 5.10 Å². The number of carbonyl (C=O) groups is 2. The first kappa shape index (κ1) is 13.9. The predicted molar refractivity (Wildman–Crippen MR) is 74.9 cm³/mol. The number of hydrazone groups is 1. The van der Waals surface area contributed by atoms with Crippen LogP contribution in [0.2, 0.25) is 0 Å². The van der Waals surface area contributed by atoms with E-state index in [0.717, 1.165) is 12.2 Å². The van der Waals surface area contributed by atoms with Crippen LogP contribution in [0.3, 0.4) is 0 Å². The molecule has 2 aromatic heterocycles. The SMILES string of the molecule is O=C(O)/C=C/C(=O)N1N=C(c2ccco2)C[C@@H]1c1ccco1. The zero-order valence-electron chi connectivity index (χ0n) is 11.4. The van der Waals surface area contributed by atoms with Gasteiger partial charge in [0.1, 0.15) is 23.3 Å². The normalized spacial score (nSPS) is 17.9. The average molecular weight is 300 g/mol. The third-order valence-electron chi connectivity index (χ3n) is 3.18. The second-order valence-electron chi connectivity index (χ2n) is 4.61. The Hall–Kier alpha value is -3.09. The fourth-order valence-corrected chi connectivity index (χ4v) is 2.23. The molecule has 1 aliphatic heterocycles. The van der Waals surface area contributed by atoms with E-state index >= 15 is 0 Å². The van der Waals surface area contributed by atoms with Gasteiger partial charge in [0.05, 0.1) is 12.5 Å². The Labute approximate surface area is 125 Å². The molecule has 3 heterocycles. The van der Waals surface area contributed by atoms with Crippen LogP contribution in [0.25, 0.3) is 0 Å². The number of hydrogen-bond acceptors (Lipinski definition) is 5. The summed E-state index contributed by atoms with van der Waals surface area (Å²) in [6.07, 6.45) is 5.20. The summed E-state index contributed by atoms with van der Waals surface area (Å²) in [5, 5.41) is 14.1. The molecule has 0 aromatic carbocycles. The van der Waals surface area contributed by atoms with E-state index < -0.39 is 17.9 Å². The van der Waals surface area contributed by atoms with Gasteiger partial charge >= 0.3 is 5.97 Å². The Bertz CT molecular complexity index is 728. The minimum Gasteiger partial charge on any atom is -0.478 e. The molecule has 112 valence electrons. The maximum atomic E-state index is 12.2. The Morgan fingerprint density at radius 3 is 2.64 bits per heavy atom. The van der Waals surface area contributed by atoms with Crippen molar-refractivity contribution in [3.8, 4) is 0 Å². The maximum Gasteiger partial charge on any atom is 0.328 e. The highest BCUT2D eigenvalue weighted by Crippen LogP contribution is 2.33. The quantitative estimate of drug-likeness (QED) is 0.873. The van der Waals surface area contributed by atoms with Gasteiger partial charge in [-0.05, 0) is 24.3 Å². The molecular weight excluding hydrogens is 288 g/mol. The monoisotopic (exact) mass is 300 g/mol. The molecule has 3 rings (SSSR count). The Morgan fingerprint density at radius 1 is 1.23 bits per heavy atom. The van der Waals surface area contributed by atoms with Crippen molar-refractivity contribution in [1.82, 2.24) is 5.01 Å². The van der Waals surface area contributed by atoms with Crippen LogP contribution in [0.4, 0.5) is 0 Å². The molecule has 2 aromatic rings. The van der Waals surface area contributed by atoms with Gasteiger partial charge in [-0.3, -0.25) is 4.79 Å². The molecule has 0 saturated heterocycles. The van der Waals surface area contributed by atoms with Crippen LogP contribution in [-0.2, 0) is 9.59 Å². The fourth-order valence-electron chi connectivity index (χ4n) is 2.23. The molecule has 0 radical (unpaired) electrons. The second-order valence-corrected chi connectivity index (χ2v) is 4.61. The van der Waals surface area contributed by atoms with E-state index in [1.54, 1.807) is 24.3 Å². The first-order valence-corrected chi connectivity index (χ1v) is 6.54. The summed E-state index contributed by atoms with van der Waals surface area (Å²) in [6.45, 7) is 0. The van der Waals surface area contributed by atoms with Crippen molar-refractivity contribution in [3.05, 3.63) is 60.5 Å². The van der Waals surface area contributed by atoms with E-state index in [0.29, 0.717) is 23.7 Å². The summed E-state index contributed by atoms with van der Waals surface area (Å²) in [5.74, 6) is -0.598. The van der Waals surface area contributed by atoms with E-state index in [1.807, 2.05) is 0 Å². The summed E-state index contributed by atoms with van der Waals surface area (Å²) < 4.78 is 10.6. The lowest BCUT2D eigenvalue weighted by Gasteiger charge is -2.17. The Kier molecular flexibility index (Phi) is 3.61. The van der Waals surface area contributed by atoms with Gasteiger partial charge in [0.25, 0.3) is 5.91 Å². The molecule has 1 atom stereocenters. The van der Waals surface area contributed by atoms with Crippen LogP contribution in [0.1, 0.15) is 24.0 Å². The molecule has 0 unspecified atom stereocenters. The Morgan fingerprint density at radius 2 is 2.00 bits per heavy atom. The third-order valence-corrected chi connectivity index (χ3v) is 3.18. The van der Waals surface area contributed by atoms with Gasteiger partial charge in [0, 0.05) is 18.6 Å². The van der Waals surface area contributed by atoms with Gasteiger partial charge < -0.3 is 13.9 Å². The van der Waals surface area contributed by atoms with Crippen LogP contribution in [0.5, 0.6) is 0 Å². The van der Waals surface area contributed by atoms with Gasteiger partial charge in [-0.1, -0.05) is 0 Å². The lowest BCUT2D eigenvalue weighted by Crippen LogP contribution is -2.25. The standard InChI is InChI=1S/C15H12N2O5/c18-14(5-6-15(19)20)17-11(13-4-2-8-22-13)9-10(16-17)12-3-1-7-21-12/h1-8,11H,9H2,(H,19,20)/b6-5+/t11-/m1/s1. The number of carbonyl (C=O) groups excluding carboxylic acids is 1. The number of rotatable bonds is 4. The van der Waals surface area contributed by atoms with Crippen molar-refractivity contribution in [2.24, 2.45) is 5.10 Å². The summed E-state index contributed by atoms with van der Waals surface area (Å²) in [4.78, 5) is 22.7. The van der Waals surface area contributed by atoms with Crippen LogP contribution in [0, 0.1) is 0 Å². The fraction of sp³-hybridized carbons (Fsp3) is 0.133. The van der Waals surface area contributed by atoms with Gasteiger partial charge in [-0.2, -0.15) is 5.10 Å². The topological polar surface area (TPSA) is 96.2 Å². The predicted octanol–water partition coefficient (Wildman–Crippen LogP) is 2.19. The van der Waals surface area contributed by atoms with Crippen LogP contribution in [-0.4, -0.2) is 27.7 Å². The highest BCUT2D eigenvalue weighted by atomic mass is 16.4. The van der Waals surface area contributed by atoms with Crippen molar-refractivity contribution < 1.29 is 23.5 Å². The summed E-state index contributed by atoms with van der Waals surface area (Å²) in [7, 11) is 0. The number of carboxylic acids is 1. The largest absolute Gasteiger partial charge is 0.478 e. The van der Waals surface area contributed by atoms with Crippen molar-refractivity contribution in [3.63, 3.8) is 0 Å². The lowest BCUT2D eigenvalue weighted by atomic mass is 10.1. The zero-order valence-corrected chi connectivity index (χ0v) is 11.4. The average Bonchev–Trinajstić information content (AvgIpc) is 3.23. The van der Waals surface area contributed by atoms with Crippen molar-refractivity contribution >= 4 is 17.6 Å². The molecule has 0 spiro atoms. The number of aliphatic carboxylic acids is 1. The first-order chi connectivity index (χ1) is 10.6. The molecule has 1 aliphatic rings. The van der Waals surface area contributed by atoms with Crippen LogP contribution in [0.15, 0.2) is 62.9 Å². The van der Waals surface area contributed by atoms with E-state index in [1.165, 1.54) is 17.5 Å². The van der Waals surface area contributed by atoms with Gasteiger partial charge in [-0.15, -0.1) is 0 Å².